The molecular formula is C22H21BrN2O6S. The average molecular weight is 521 g/mol. The fourth-order valence-electron chi connectivity index (χ4n) is 2.68. The SMILES string of the molecule is COc1ccc(NC(=O)COc2ccc(S(=O)(=O)Nc3ccc(Br)cc3)cc2)c(OC)c1. The van der Waals surface area contributed by atoms with E-state index < -0.39 is 15.9 Å². The number of hydrogen-bond donors (Lipinski definition) is 2. The number of nitrogens with one attached hydrogen (secondary N) is 2. The van der Waals surface area contributed by atoms with Gasteiger partial charge < -0.3 is 19.5 Å². The second kappa shape index (κ2) is 10.4. The fourth-order valence-corrected chi connectivity index (χ4v) is 4.01. The molecule has 0 atom stereocenters. The van der Waals surface area contributed by atoms with E-state index in [9.17, 15) is 13.2 Å². The molecule has 0 saturated heterocycles. The quantitative estimate of drug-likeness (QED) is 0.436. The highest BCUT2D eigenvalue weighted by Gasteiger charge is 2.15. The number of ether oxygens (including phenoxy) is 3. The highest BCUT2D eigenvalue weighted by atomic mass is 79.9. The van der Waals surface area contributed by atoms with E-state index in [2.05, 4.69) is 26.0 Å². The Balaban J connectivity index is 1.58. The lowest BCUT2D eigenvalue weighted by Crippen LogP contribution is -2.20. The van der Waals surface area contributed by atoms with Gasteiger partial charge in [0.15, 0.2) is 6.61 Å². The summed E-state index contributed by atoms with van der Waals surface area (Å²) in [4.78, 5) is 12.3. The Kier molecular flexibility index (Phi) is 7.60. The third-order valence-electron chi connectivity index (χ3n) is 4.28. The Labute approximate surface area is 194 Å². The average Bonchev–Trinajstić information content (AvgIpc) is 2.79. The molecule has 0 fully saturated rings. The van der Waals surface area contributed by atoms with Gasteiger partial charge in [0, 0.05) is 16.2 Å². The van der Waals surface area contributed by atoms with E-state index in [1.807, 2.05) is 0 Å². The number of sulfonamides is 1. The van der Waals surface area contributed by atoms with Crippen molar-refractivity contribution in [1.29, 1.82) is 0 Å². The summed E-state index contributed by atoms with van der Waals surface area (Å²) in [6, 6.07) is 17.6. The van der Waals surface area contributed by atoms with Crippen molar-refractivity contribution < 1.29 is 27.4 Å². The minimum Gasteiger partial charge on any atom is -0.497 e. The summed E-state index contributed by atoms with van der Waals surface area (Å²) in [6.45, 7) is -0.265. The summed E-state index contributed by atoms with van der Waals surface area (Å²) >= 11 is 3.30. The van der Waals surface area contributed by atoms with Gasteiger partial charge in [-0.3, -0.25) is 9.52 Å². The molecule has 0 radical (unpaired) electrons. The van der Waals surface area contributed by atoms with E-state index in [0.29, 0.717) is 28.6 Å². The minimum atomic E-state index is -3.75. The van der Waals surface area contributed by atoms with Crippen LogP contribution >= 0.6 is 15.9 Å². The highest BCUT2D eigenvalue weighted by Crippen LogP contribution is 2.29. The molecular weight excluding hydrogens is 500 g/mol. The first-order valence-electron chi connectivity index (χ1n) is 9.34. The molecule has 3 rings (SSSR count). The molecule has 168 valence electrons. The van der Waals surface area contributed by atoms with Crippen LogP contribution in [0.5, 0.6) is 17.2 Å². The van der Waals surface area contributed by atoms with E-state index in [4.69, 9.17) is 14.2 Å². The van der Waals surface area contributed by atoms with E-state index in [1.165, 1.54) is 38.5 Å². The number of carbonyl (C=O) groups excluding carboxylic acids is 1. The van der Waals surface area contributed by atoms with Gasteiger partial charge in [0.25, 0.3) is 15.9 Å². The van der Waals surface area contributed by atoms with Crippen molar-refractivity contribution in [2.45, 2.75) is 4.90 Å². The number of benzene rings is 3. The molecule has 0 aliphatic carbocycles. The van der Waals surface area contributed by atoms with Gasteiger partial charge >= 0.3 is 0 Å². The predicted octanol–water partition coefficient (Wildman–Crippen LogP) is 4.28. The summed E-state index contributed by atoms with van der Waals surface area (Å²) in [6.07, 6.45) is 0. The van der Waals surface area contributed by atoms with Crippen LogP contribution in [0.2, 0.25) is 0 Å². The van der Waals surface area contributed by atoms with Gasteiger partial charge in [-0.05, 0) is 60.7 Å². The van der Waals surface area contributed by atoms with Crippen molar-refractivity contribution in [2.24, 2.45) is 0 Å². The summed E-state index contributed by atoms with van der Waals surface area (Å²) in [5, 5.41) is 2.70. The Hall–Kier alpha value is -3.24. The summed E-state index contributed by atoms with van der Waals surface area (Å²) in [5.74, 6) is 0.998. The lowest BCUT2D eigenvalue weighted by molar-refractivity contribution is -0.118. The molecule has 0 unspecified atom stereocenters. The van der Waals surface area contributed by atoms with Gasteiger partial charge in [-0.15, -0.1) is 0 Å². The van der Waals surface area contributed by atoms with E-state index in [0.717, 1.165) is 4.47 Å². The monoisotopic (exact) mass is 520 g/mol. The largest absolute Gasteiger partial charge is 0.497 e. The van der Waals surface area contributed by atoms with Crippen LogP contribution in [0, 0.1) is 0 Å². The van der Waals surface area contributed by atoms with E-state index in [1.54, 1.807) is 42.5 Å². The number of hydrogen-bond acceptors (Lipinski definition) is 6. The van der Waals surface area contributed by atoms with E-state index >= 15 is 0 Å². The van der Waals surface area contributed by atoms with Crippen molar-refractivity contribution in [1.82, 2.24) is 0 Å². The second-order valence-corrected chi connectivity index (χ2v) is 9.08. The smallest absolute Gasteiger partial charge is 0.262 e. The van der Waals surface area contributed by atoms with Crippen LogP contribution < -0.4 is 24.2 Å². The van der Waals surface area contributed by atoms with Gasteiger partial charge in [0.1, 0.15) is 17.2 Å². The third kappa shape index (κ3) is 6.14. The molecule has 0 aromatic heterocycles. The van der Waals surface area contributed by atoms with Crippen molar-refractivity contribution in [3.63, 3.8) is 0 Å². The van der Waals surface area contributed by atoms with Crippen LogP contribution in [0.25, 0.3) is 0 Å². The molecule has 0 heterocycles. The molecule has 10 heteroatoms. The van der Waals surface area contributed by atoms with Crippen LogP contribution in [0.1, 0.15) is 0 Å². The molecule has 32 heavy (non-hydrogen) atoms. The zero-order valence-electron chi connectivity index (χ0n) is 17.3. The second-order valence-electron chi connectivity index (χ2n) is 6.49. The number of carbonyl (C=O) groups is 1. The summed E-state index contributed by atoms with van der Waals surface area (Å²) in [7, 11) is -0.728. The van der Waals surface area contributed by atoms with Crippen molar-refractivity contribution in [2.75, 3.05) is 30.9 Å². The van der Waals surface area contributed by atoms with E-state index in [-0.39, 0.29) is 11.5 Å². The zero-order chi connectivity index (χ0) is 23.1. The molecule has 3 aromatic rings. The van der Waals surface area contributed by atoms with Crippen molar-refractivity contribution >= 4 is 43.2 Å². The molecule has 0 saturated carbocycles. The van der Waals surface area contributed by atoms with Gasteiger partial charge in [-0.1, -0.05) is 15.9 Å². The van der Waals surface area contributed by atoms with Gasteiger partial charge in [0.05, 0.1) is 24.8 Å². The number of anilines is 2. The van der Waals surface area contributed by atoms with Crippen LogP contribution in [0.15, 0.2) is 76.1 Å². The lowest BCUT2D eigenvalue weighted by Gasteiger charge is -2.12. The van der Waals surface area contributed by atoms with Crippen molar-refractivity contribution in [3.8, 4) is 17.2 Å². The Morgan fingerprint density at radius 3 is 2.19 bits per heavy atom. The molecule has 3 aromatic carbocycles. The molecule has 0 bridgehead atoms. The first-order valence-corrected chi connectivity index (χ1v) is 11.6. The minimum absolute atomic E-state index is 0.0696. The van der Waals surface area contributed by atoms with Crippen LogP contribution in [0.4, 0.5) is 11.4 Å². The number of methoxy groups -OCH3 is 2. The maximum Gasteiger partial charge on any atom is 0.262 e. The standard InChI is InChI=1S/C22H21BrN2O6S/c1-29-18-9-12-20(21(13-18)30-2)24-22(26)14-31-17-7-10-19(11-8-17)32(27,28)25-16-5-3-15(23)4-6-16/h3-13,25H,14H2,1-2H3,(H,24,26). The molecule has 0 aliphatic heterocycles. The zero-order valence-corrected chi connectivity index (χ0v) is 19.7. The normalized spacial score (nSPS) is 10.8. The first kappa shape index (κ1) is 23.4. The molecule has 0 spiro atoms. The Bertz CT molecular complexity index is 1180. The van der Waals surface area contributed by atoms with Crippen molar-refractivity contribution in [3.05, 3.63) is 71.2 Å². The first-order chi connectivity index (χ1) is 15.3. The predicted molar refractivity (Wildman–Crippen MR) is 125 cm³/mol. The molecule has 1 amide bonds. The highest BCUT2D eigenvalue weighted by molar-refractivity contribution is 9.10. The van der Waals surface area contributed by atoms with Crippen LogP contribution in [0.3, 0.4) is 0 Å². The van der Waals surface area contributed by atoms with Gasteiger partial charge in [0.2, 0.25) is 0 Å². The fraction of sp³-hybridized carbons (Fsp3) is 0.136. The number of halogens is 1. The Morgan fingerprint density at radius 2 is 1.56 bits per heavy atom. The summed E-state index contributed by atoms with van der Waals surface area (Å²) < 4.78 is 44.2. The summed E-state index contributed by atoms with van der Waals surface area (Å²) in [5.41, 5.74) is 0.918. The maximum absolute atomic E-state index is 12.5. The van der Waals surface area contributed by atoms with Crippen LogP contribution in [-0.4, -0.2) is 35.2 Å². The Morgan fingerprint density at radius 1 is 0.906 bits per heavy atom. The molecule has 2 N–H and O–H groups in total. The topological polar surface area (TPSA) is 103 Å². The third-order valence-corrected chi connectivity index (χ3v) is 6.21. The molecule has 0 aliphatic rings. The van der Waals surface area contributed by atoms with Gasteiger partial charge in [-0.25, -0.2) is 8.42 Å². The molecule has 8 nitrogen and oxygen atoms in total. The van der Waals surface area contributed by atoms with Crippen LogP contribution in [-0.2, 0) is 14.8 Å². The lowest BCUT2D eigenvalue weighted by atomic mass is 10.2. The van der Waals surface area contributed by atoms with Gasteiger partial charge in [-0.2, -0.15) is 0 Å². The number of amides is 1. The number of rotatable bonds is 9. The maximum atomic E-state index is 12.5.